The Kier molecular flexibility index (Phi) is 3.64. The van der Waals surface area contributed by atoms with Gasteiger partial charge in [0, 0.05) is 43.6 Å². The van der Waals surface area contributed by atoms with Crippen molar-refractivity contribution in [2.45, 2.75) is 26.2 Å². The first-order valence-electron chi connectivity index (χ1n) is 13.3. The molecule has 2 aromatic heterocycles. The molecule has 38 heavy (non-hydrogen) atoms. The molecule has 2 aliphatic heterocycles. The number of hydrogen-bond acceptors (Lipinski definition) is 2. The van der Waals surface area contributed by atoms with Gasteiger partial charge in [-0.2, -0.15) is 0 Å². The van der Waals surface area contributed by atoms with Crippen LogP contribution < -0.4 is 15.7 Å². The van der Waals surface area contributed by atoms with Crippen molar-refractivity contribution >= 4 is 61.5 Å². The van der Waals surface area contributed by atoms with Gasteiger partial charge in [0.25, 0.3) is 0 Å². The number of hydrogen-bond donors (Lipinski definition) is 0. The van der Waals surface area contributed by atoms with E-state index in [0.29, 0.717) is 0 Å². The summed E-state index contributed by atoms with van der Waals surface area (Å²) in [5, 5.41) is 4.79. The monoisotopic (exact) mass is 489 g/mol. The lowest BCUT2D eigenvalue weighted by molar-refractivity contribution is 0.483. The molecule has 180 valence electrons. The van der Waals surface area contributed by atoms with Crippen molar-refractivity contribution in [3.8, 4) is 22.6 Å². The predicted octanol–water partition coefficient (Wildman–Crippen LogP) is 7.73. The number of aromatic nitrogens is 1. The molecule has 0 amide bonds. The largest absolute Gasteiger partial charge is 0.458 e. The summed E-state index contributed by atoms with van der Waals surface area (Å²) >= 11 is 0. The van der Waals surface area contributed by atoms with Gasteiger partial charge in [-0.1, -0.05) is 81.4 Å². The summed E-state index contributed by atoms with van der Waals surface area (Å²) in [5.41, 5.74) is 10.5. The van der Waals surface area contributed by atoms with Gasteiger partial charge < -0.3 is 13.6 Å². The van der Waals surface area contributed by atoms with Crippen molar-refractivity contribution in [2.75, 3.05) is 0 Å². The van der Waals surface area contributed by atoms with E-state index >= 15 is 0 Å². The summed E-state index contributed by atoms with van der Waals surface area (Å²) in [6.45, 7) is 6.82. The molecule has 7 aromatic rings. The van der Waals surface area contributed by atoms with E-state index in [-0.39, 0.29) is 12.3 Å². The van der Waals surface area contributed by atoms with Crippen molar-refractivity contribution in [3.63, 3.8) is 0 Å². The molecule has 0 saturated heterocycles. The standard InChI is InChI=1S/C34H24BNO2/c1-34(2,3)19-15-25-23-12-8-11-22-20-9-4-6-13-27(20)36(33(22)23)35-26-18-29-24(21-10-5-7-14-28(21)37-29)17-30(26)38-31(16-19)32(25)35/h4-18H,1-3H3. The summed E-state index contributed by atoms with van der Waals surface area (Å²) in [5.74, 6) is 1.86. The van der Waals surface area contributed by atoms with E-state index in [1.54, 1.807) is 0 Å². The number of rotatable bonds is 0. The highest BCUT2D eigenvalue weighted by Crippen LogP contribution is 2.44. The van der Waals surface area contributed by atoms with Gasteiger partial charge in [0.2, 0.25) is 0 Å². The fraction of sp³-hybridized carbons (Fsp3) is 0.118. The normalized spacial score (nSPS) is 13.8. The van der Waals surface area contributed by atoms with Gasteiger partial charge in [-0.15, -0.1) is 0 Å². The molecular formula is C34H24BNO2. The molecule has 0 spiro atoms. The molecule has 4 heteroatoms. The van der Waals surface area contributed by atoms with Crippen LogP contribution in [-0.2, 0) is 5.41 Å². The van der Waals surface area contributed by atoms with Gasteiger partial charge in [0.05, 0.1) is 0 Å². The van der Waals surface area contributed by atoms with Gasteiger partial charge in [-0.3, -0.25) is 0 Å². The van der Waals surface area contributed by atoms with Crippen molar-refractivity contribution in [3.05, 3.63) is 96.6 Å². The van der Waals surface area contributed by atoms with Crippen molar-refractivity contribution in [1.82, 2.24) is 4.48 Å². The highest BCUT2D eigenvalue weighted by molar-refractivity contribution is 6.88. The summed E-state index contributed by atoms with van der Waals surface area (Å²) in [7, 11) is 0. The topological polar surface area (TPSA) is 27.3 Å². The van der Waals surface area contributed by atoms with Crippen LogP contribution in [0.5, 0.6) is 11.5 Å². The zero-order valence-electron chi connectivity index (χ0n) is 21.5. The van der Waals surface area contributed by atoms with Gasteiger partial charge in [-0.25, -0.2) is 0 Å². The average molecular weight is 489 g/mol. The van der Waals surface area contributed by atoms with Crippen LogP contribution in [-0.4, -0.2) is 11.3 Å². The Labute approximate surface area is 220 Å². The first-order chi connectivity index (χ1) is 18.5. The molecule has 0 N–H and O–H groups in total. The van der Waals surface area contributed by atoms with Crippen LogP contribution >= 0.6 is 0 Å². The third-order valence-electron chi connectivity index (χ3n) is 8.58. The molecule has 0 atom stereocenters. The van der Waals surface area contributed by atoms with Gasteiger partial charge >= 0.3 is 6.85 Å². The summed E-state index contributed by atoms with van der Waals surface area (Å²) < 4.78 is 15.7. The number of furan rings is 1. The lowest BCUT2D eigenvalue weighted by Crippen LogP contribution is -2.54. The van der Waals surface area contributed by atoms with Crippen LogP contribution in [0.1, 0.15) is 26.3 Å². The fourth-order valence-corrected chi connectivity index (χ4v) is 6.80. The minimum atomic E-state index is -0.00678. The molecule has 9 rings (SSSR count). The van der Waals surface area contributed by atoms with Crippen LogP contribution in [0, 0.1) is 0 Å². The maximum absolute atomic E-state index is 6.83. The molecule has 0 bridgehead atoms. The lowest BCUT2D eigenvalue weighted by atomic mass is 9.46. The number of para-hydroxylation sites is 3. The minimum Gasteiger partial charge on any atom is -0.458 e. The predicted molar refractivity (Wildman–Crippen MR) is 158 cm³/mol. The molecule has 3 nitrogen and oxygen atoms in total. The second-order valence-electron chi connectivity index (χ2n) is 11.8. The summed E-state index contributed by atoms with van der Waals surface area (Å²) in [6.07, 6.45) is 0. The Morgan fingerprint density at radius 1 is 0.658 bits per heavy atom. The van der Waals surface area contributed by atoms with Crippen LogP contribution in [0.15, 0.2) is 95.4 Å². The highest BCUT2D eigenvalue weighted by Gasteiger charge is 2.42. The quantitative estimate of drug-likeness (QED) is 0.204. The van der Waals surface area contributed by atoms with Crippen LogP contribution in [0.3, 0.4) is 0 Å². The fourth-order valence-electron chi connectivity index (χ4n) is 6.80. The Balaban J connectivity index is 1.47. The Hall–Kier alpha value is -4.44. The molecule has 0 fully saturated rings. The molecule has 4 heterocycles. The Morgan fingerprint density at radius 3 is 2.32 bits per heavy atom. The molecule has 2 aliphatic rings. The number of ether oxygens (including phenoxy) is 1. The zero-order valence-corrected chi connectivity index (χ0v) is 21.5. The third kappa shape index (κ3) is 2.46. The molecular weight excluding hydrogens is 465 g/mol. The van der Waals surface area contributed by atoms with Gasteiger partial charge in [-0.05, 0) is 52.3 Å². The van der Waals surface area contributed by atoms with E-state index < -0.39 is 0 Å². The van der Waals surface area contributed by atoms with E-state index in [1.165, 1.54) is 44.0 Å². The number of benzene rings is 5. The smallest absolute Gasteiger partial charge is 0.336 e. The van der Waals surface area contributed by atoms with Crippen LogP contribution in [0.2, 0.25) is 0 Å². The SMILES string of the molecule is CC(C)(C)c1cc2c3c(c1)-c1cccc4c5ccccc5n(c14)B3c1cc3oc4ccccc4c3cc1O2. The van der Waals surface area contributed by atoms with Crippen molar-refractivity contribution < 1.29 is 9.15 Å². The lowest BCUT2D eigenvalue weighted by Gasteiger charge is -2.35. The molecule has 5 aromatic carbocycles. The van der Waals surface area contributed by atoms with Gasteiger partial charge in [0.15, 0.2) is 0 Å². The van der Waals surface area contributed by atoms with Gasteiger partial charge in [0.1, 0.15) is 22.7 Å². The van der Waals surface area contributed by atoms with Crippen molar-refractivity contribution in [1.29, 1.82) is 0 Å². The Bertz CT molecular complexity index is 2160. The Morgan fingerprint density at radius 2 is 1.45 bits per heavy atom. The molecule has 0 radical (unpaired) electrons. The van der Waals surface area contributed by atoms with Crippen LogP contribution in [0.4, 0.5) is 0 Å². The second-order valence-corrected chi connectivity index (χ2v) is 11.8. The third-order valence-corrected chi connectivity index (χ3v) is 8.58. The number of fused-ring (bicyclic) bond motifs is 10. The van der Waals surface area contributed by atoms with E-state index in [2.05, 4.69) is 104 Å². The maximum Gasteiger partial charge on any atom is 0.336 e. The highest BCUT2D eigenvalue weighted by atomic mass is 16.5. The van der Waals surface area contributed by atoms with E-state index in [1.807, 2.05) is 12.1 Å². The van der Waals surface area contributed by atoms with E-state index in [0.717, 1.165) is 38.9 Å². The minimum absolute atomic E-state index is 0.00652. The van der Waals surface area contributed by atoms with E-state index in [9.17, 15) is 0 Å². The first-order valence-corrected chi connectivity index (χ1v) is 13.3. The molecule has 0 saturated carbocycles. The summed E-state index contributed by atoms with van der Waals surface area (Å²) in [4.78, 5) is 0. The average Bonchev–Trinajstić information content (AvgIpc) is 3.45. The molecule has 0 unspecified atom stereocenters. The summed E-state index contributed by atoms with van der Waals surface area (Å²) in [6, 6.07) is 32.8. The van der Waals surface area contributed by atoms with Crippen LogP contribution in [0.25, 0.3) is 54.9 Å². The molecule has 0 aliphatic carbocycles. The first kappa shape index (κ1) is 20.6. The van der Waals surface area contributed by atoms with Crippen molar-refractivity contribution in [2.24, 2.45) is 0 Å². The van der Waals surface area contributed by atoms with E-state index in [4.69, 9.17) is 9.15 Å². The maximum atomic E-state index is 6.83. The zero-order chi connectivity index (χ0) is 25.3. The number of nitrogens with zero attached hydrogens (tertiary/aromatic N) is 1. The second kappa shape index (κ2) is 6.70.